The van der Waals surface area contributed by atoms with Gasteiger partial charge in [0.05, 0.1) is 19.2 Å². The maximum absolute atomic E-state index is 12.0. The van der Waals surface area contributed by atoms with Crippen LogP contribution in [0.5, 0.6) is 0 Å². The zero-order valence-electron chi connectivity index (χ0n) is 14.9. The summed E-state index contributed by atoms with van der Waals surface area (Å²) in [7, 11) is 2.28. The fourth-order valence-electron chi connectivity index (χ4n) is 2.88. The molecule has 0 N–H and O–H groups in total. The number of hydrogen-bond acceptors (Lipinski definition) is 7. The lowest BCUT2D eigenvalue weighted by molar-refractivity contribution is -0.505. The van der Waals surface area contributed by atoms with Gasteiger partial charge in [0.15, 0.2) is 6.54 Å². The Morgan fingerprint density at radius 2 is 2.04 bits per heavy atom. The lowest BCUT2D eigenvalue weighted by atomic mass is 10.2. The van der Waals surface area contributed by atoms with Crippen LogP contribution in [-0.4, -0.2) is 91.0 Å². The Hall–Kier alpha value is -1.00. The van der Waals surface area contributed by atoms with E-state index in [1.165, 1.54) is 0 Å². The zero-order valence-corrected chi connectivity index (χ0v) is 15.9. The molecule has 2 aliphatic heterocycles. The van der Waals surface area contributed by atoms with Crippen molar-refractivity contribution in [1.29, 1.82) is 0 Å². The van der Waals surface area contributed by atoms with Crippen molar-refractivity contribution in [3.8, 4) is 0 Å². The number of rotatable bonds is 9. The molecule has 0 aromatic rings. The highest BCUT2D eigenvalue weighted by Gasteiger charge is 2.39. The van der Waals surface area contributed by atoms with Crippen LogP contribution in [0.25, 0.3) is 0 Å². The first-order valence-corrected chi connectivity index (χ1v) is 10.3. The summed E-state index contributed by atoms with van der Waals surface area (Å²) in [5.74, 6) is -0.241. The van der Waals surface area contributed by atoms with Crippen LogP contribution in [-0.2, 0) is 27.5 Å². The number of hydrogen-bond donors (Lipinski definition) is 0. The molecule has 0 amide bonds. The highest BCUT2D eigenvalue weighted by atomic mass is 28.4. The van der Waals surface area contributed by atoms with Crippen molar-refractivity contribution in [2.24, 2.45) is 0 Å². The Bertz CT molecular complexity index is 429. The molecule has 2 heterocycles. The molecule has 1 saturated heterocycles. The van der Waals surface area contributed by atoms with Crippen LogP contribution in [0, 0.1) is 0 Å². The van der Waals surface area contributed by atoms with E-state index in [1.807, 2.05) is 10.9 Å². The molecule has 1 unspecified atom stereocenters. The number of esters is 1. The third kappa shape index (κ3) is 5.52. The van der Waals surface area contributed by atoms with Gasteiger partial charge < -0.3 is 22.8 Å². The summed E-state index contributed by atoms with van der Waals surface area (Å²) >= 11 is 0. The fraction of sp³-hybridized carbons (Fsp3) is 0.867. The molecule has 0 radical (unpaired) electrons. The van der Waals surface area contributed by atoms with Crippen molar-refractivity contribution in [3.63, 3.8) is 0 Å². The first-order chi connectivity index (χ1) is 11.6. The minimum absolute atomic E-state index is 0.241. The lowest BCUT2D eigenvalue weighted by Crippen LogP contribution is -2.45. The van der Waals surface area contributed by atoms with Gasteiger partial charge in [-0.25, -0.2) is 4.79 Å². The van der Waals surface area contributed by atoms with Gasteiger partial charge in [0, 0.05) is 27.8 Å². The maximum atomic E-state index is 12.0. The maximum Gasteiger partial charge on any atom is 0.504 e. The second kappa shape index (κ2) is 9.47. The SMILES string of the molecule is CO[Si](CCN1C=[N+](CC(=O)OC2CCCCO2)CC1)(OC)OC. The molecule has 0 aromatic heterocycles. The van der Waals surface area contributed by atoms with Gasteiger partial charge >= 0.3 is 14.8 Å². The normalized spacial score (nSPS) is 21.7. The fourth-order valence-corrected chi connectivity index (χ4v) is 4.56. The van der Waals surface area contributed by atoms with Crippen molar-refractivity contribution < 1.29 is 32.1 Å². The number of carbonyl (C=O) groups is 1. The largest absolute Gasteiger partial charge is 0.504 e. The molecule has 1 atom stereocenters. The topological polar surface area (TPSA) is 69.5 Å². The van der Waals surface area contributed by atoms with Crippen LogP contribution < -0.4 is 0 Å². The van der Waals surface area contributed by atoms with E-state index in [9.17, 15) is 4.79 Å². The highest BCUT2D eigenvalue weighted by Crippen LogP contribution is 2.15. The van der Waals surface area contributed by atoms with Crippen molar-refractivity contribution in [3.05, 3.63) is 0 Å². The van der Waals surface area contributed by atoms with E-state index in [-0.39, 0.29) is 18.8 Å². The molecule has 138 valence electrons. The average molecular weight is 361 g/mol. The van der Waals surface area contributed by atoms with Crippen LogP contribution in [0.2, 0.25) is 6.04 Å². The van der Waals surface area contributed by atoms with E-state index >= 15 is 0 Å². The Kier molecular flexibility index (Phi) is 7.63. The summed E-state index contributed by atoms with van der Waals surface area (Å²) < 4.78 is 29.0. The summed E-state index contributed by atoms with van der Waals surface area (Å²) in [4.78, 5) is 14.1. The molecular weight excluding hydrogens is 332 g/mol. The number of nitrogens with zero attached hydrogens (tertiary/aromatic N) is 2. The van der Waals surface area contributed by atoms with Crippen LogP contribution in [0.3, 0.4) is 0 Å². The summed E-state index contributed by atoms with van der Waals surface area (Å²) in [5, 5.41) is 0. The minimum Gasteiger partial charge on any atom is -0.433 e. The van der Waals surface area contributed by atoms with Crippen molar-refractivity contribution in [1.82, 2.24) is 4.90 Å². The first kappa shape index (κ1) is 19.3. The van der Waals surface area contributed by atoms with E-state index in [2.05, 4.69) is 4.90 Å². The lowest BCUT2D eigenvalue weighted by Gasteiger charge is -2.24. The van der Waals surface area contributed by atoms with E-state index < -0.39 is 8.80 Å². The summed E-state index contributed by atoms with van der Waals surface area (Å²) in [6.07, 6.45) is 4.47. The van der Waals surface area contributed by atoms with E-state index in [4.69, 9.17) is 22.8 Å². The summed E-state index contributed by atoms with van der Waals surface area (Å²) in [5.41, 5.74) is 0. The number of ether oxygens (including phenoxy) is 2. The second-order valence-electron chi connectivity index (χ2n) is 5.95. The van der Waals surface area contributed by atoms with Crippen LogP contribution in [0.1, 0.15) is 19.3 Å². The van der Waals surface area contributed by atoms with Crippen LogP contribution in [0.15, 0.2) is 0 Å². The van der Waals surface area contributed by atoms with Gasteiger partial charge in [-0.2, -0.15) is 0 Å². The van der Waals surface area contributed by atoms with E-state index in [1.54, 1.807) is 21.3 Å². The molecule has 0 aliphatic carbocycles. The molecular formula is C15H29N2O6Si+. The quantitative estimate of drug-likeness (QED) is 0.332. The Morgan fingerprint density at radius 3 is 2.67 bits per heavy atom. The molecule has 0 saturated carbocycles. The Balaban J connectivity index is 1.75. The molecule has 2 aliphatic rings. The third-order valence-corrected chi connectivity index (χ3v) is 7.07. The molecule has 24 heavy (non-hydrogen) atoms. The summed E-state index contributed by atoms with van der Waals surface area (Å²) in [6.45, 7) is 3.33. The van der Waals surface area contributed by atoms with Gasteiger partial charge in [-0.1, -0.05) is 0 Å². The third-order valence-electron chi connectivity index (χ3n) is 4.37. The molecule has 8 nitrogen and oxygen atoms in total. The predicted molar refractivity (Wildman–Crippen MR) is 88.9 cm³/mol. The standard InChI is InChI=1S/C15H29N2O6Si/c1-19-24(20-2,21-3)11-9-16-7-8-17(13-16)12-14(18)23-15-6-4-5-10-22-15/h13,15H,4-12H2,1-3H3/q+1. The highest BCUT2D eigenvalue weighted by molar-refractivity contribution is 6.60. The molecule has 0 aromatic carbocycles. The van der Waals surface area contributed by atoms with Crippen molar-refractivity contribution in [2.45, 2.75) is 31.6 Å². The predicted octanol–water partition coefficient (Wildman–Crippen LogP) is 0.291. The molecule has 0 spiro atoms. The van der Waals surface area contributed by atoms with Crippen molar-refractivity contribution in [2.75, 3.05) is 54.1 Å². The Morgan fingerprint density at radius 1 is 1.29 bits per heavy atom. The van der Waals surface area contributed by atoms with Gasteiger partial charge in [-0.05, 0) is 12.8 Å². The van der Waals surface area contributed by atoms with Crippen molar-refractivity contribution >= 4 is 21.1 Å². The number of carbonyl (C=O) groups excluding carboxylic acids is 1. The zero-order chi connectivity index (χ0) is 17.4. The van der Waals surface area contributed by atoms with Gasteiger partial charge in [-0.3, -0.25) is 9.48 Å². The molecule has 1 fully saturated rings. The minimum atomic E-state index is -2.56. The van der Waals surface area contributed by atoms with Gasteiger partial charge in [0.2, 0.25) is 12.6 Å². The Labute approximate surface area is 144 Å². The van der Waals surface area contributed by atoms with Crippen LogP contribution >= 0.6 is 0 Å². The molecule has 9 heteroatoms. The van der Waals surface area contributed by atoms with Gasteiger partial charge in [-0.15, -0.1) is 0 Å². The van der Waals surface area contributed by atoms with Gasteiger partial charge in [0.1, 0.15) is 13.1 Å². The van der Waals surface area contributed by atoms with Gasteiger partial charge in [0.25, 0.3) is 0 Å². The smallest absolute Gasteiger partial charge is 0.433 e. The van der Waals surface area contributed by atoms with Crippen LogP contribution in [0.4, 0.5) is 0 Å². The second-order valence-corrected chi connectivity index (χ2v) is 9.04. The summed E-state index contributed by atoms with van der Waals surface area (Å²) in [6, 6.07) is 0.696. The van der Waals surface area contributed by atoms with E-state index in [0.29, 0.717) is 12.7 Å². The average Bonchev–Trinajstić information content (AvgIpc) is 3.05. The first-order valence-electron chi connectivity index (χ1n) is 8.40. The molecule has 0 bridgehead atoms. The molecule has 2 rings (SSSR count). The van der Waals surface area contributed by atoms with E-state index in [0.717, 1.165) is 38.9 Å². The monoisotopic (exact) mass is 361 g/mol.